The molecule has 0 fully saturated rings. The van der Waals surface area contributed by atoms with Crippen molar-refractivity contribution in [3.63, 3.8) is 0 Å². The maximum atomic E-state index is 11.8. The Morgan fingerprint density at radius 2 is 1.86 bits per heavy atom. The molecule has 7 heteroatoms. The van der Waals surface area contributed by atoms with Gasteiger partial charge in [-0.05, 0) is 19.1 Å². The van der Waals surface area contributed by atoms with Gasteiger partial charge in [0.15, 0.2) is 5.69 Å². The van der Waals surface area contributed by atoms with Gasteiger partial charge in [-0.2, -0.15) is 10.3 Å². The van der Waals surface area contributed by atoms with Gasteiger partial charge in [-0.3, -0.25) is 4.79 Å². The molecule has 0 radical (unpaired) electrons. The lowest BCUT2D eigenvalue weighted by molar-refractivity contribution is 0.0520. The van der Waals surface area contributed by atoms with Gasteiger partial charge in [-0.15, -0.1) is 5.10 Å². The van der Waals surface area contributed by atoms with Gasteiger partial charge in [0.2, 0.25) is 0 Å². The van der Waals surface area contributed by atoms with Crippen LogP contribution in [-0.2, 0) is 4.74 Å². The lowest BCUT2D eigenvalue weighted by atomic mass is 10.1. The summed E-state index contributed by atoms with van der Waals surface area (Å²) < 4.78 is 4.92. The Morgan fingerprint density at radius 1 is 1.19 bits per heavy atom. The Labute approximate surface area is 121 Å². The average molecular weight is 288 g/mol. The van der Waals surface area contributed by atoms with Crippen LogP contribution in [0.1, 0.15) is 27.8 Å². The average Bonchev–Trinajstić information content (AvgIpc) is 2.96. The van der Waals surface area contributed by atoms with Gasteiger partial charge in [0.05, 0.1) is 6.61 Å². The first-order chi connectivity index (χ1) is 10.0. The highest BCUT2D eigenvalue weighted by Crippen LogP contribution is 2.21. The minimum atomic E-state index is -0.533. The number of rotatable bonds is 4. The number of hydrogen-bond donors (Lipinski definition) is 1. The first-order valence-electron chi connectivity index (χ1n) is 6.44. The molecule has 2 aromatic rings. The van der Waals surface area contributed by atoms with Gasteiger partial charge in [0, 0.05) is 25.2 Å². The van der Waals surface area contributed by atoms with Crippen LogP contribution in [0.3, 0.4) is 0 Å². The van der Waals surface area contributed by atoms with Crippen molar-refractivity contribution < 1.29 is 14.3 Å². The molecule has 0 aliphatic rings. The number of carbonyl (C=O) groups is 2. The lowest BCUT2D eigenvalue weighted by Crippen LogP contribution is -2.21. The van der Waals surface area contributed by atoms with E-state index in [1.165, 1.54) is 4.90 Å². The van der Waals surface area contributed by atoms with Crippen LogP contribution in [0.4, 0.5) is 0 Å². The van der Waals surface area contributed by atoms with Crippen molar-refractivity contribution in [2.24, 2.45) is 0 Å². The molecule has 1 amide bonds. The van der Waals surface area contributed by atoms with E-state index in [0.29, 0.717) is 16.8 Å². The van der Waals surface area contributed by atoms with Gasteiger partial charge in [-0.25, -0.2) is 4.79 Å². The highest BCUT2D eigenvalue weighted by Gasteiger charge is 2.19. The maximum absolute atomic E-state index is 11.8. The number of aromatic amines is 1. The van der Waals surface area contributed by atoms with Crippen LogP contribution in [0.15, 0.2) is 24.3 Å². The molecule has 1 aromatic carbocycles. The Hall–Kier alpha value is -2.70. The molecule has 0 saturated heterocycles. The molecule has 0 bridgehead atoms. The van der Waals surface area contributed by atoms with Gasteiger partial charge < -0.3 is 9.64 Å². The Kier molecular flexibility index (Phi) is 4.32. The summed E-state index contributed by atoms with van der Waals surface area (Å²) in [5.74, 6) is -0.623. The number of nitrogens with one attached hydrogen (secondary N) is 1. The summed E-state index contributed by atoms with van der Waals surface area (Å²) >= 11 is 0. The van der Waals surface area contributed by atoms with E-state index in [-0.39, 0.29) is 18.2 Å². The third-order valence-corrected chi connectivity index (χ3v) is 2.83. The molecule has 7 nitrogen and oxygen atoms in total. The van der Waals surface area contributed by atoms with Crippen molar-refractivity contribution >= 4 is 11.9 Å². The third-order valence-electron chi connectivity index (χ3n) is 2.83. The van der Waals surface area contributed by atoms with Gasteiger partial charge >= 0.3 is 5.97 Å². The molecule has 0 spiro atoms. The van der Waals surface area contributed by atoms with Gasteiger partial charge in [-0.1, -0.05) is 12.1 Å². The number of aromatic nitrogens is 3. The third kappa shape index (κ3) is 3.07. The number of esters is 1. The predicted octanol–water partition coefficient (Wildman–Crippen LogP) is 1.35. The van der Waals surface area contributed by atoms with Crippen molar-refractivity contribution in [3.05, 3.63) is 35.5 Å². The fourth-order valence-electron chi connectivity index (χ4n) is 1.80. The maximum Gasteiger partial charge on any atom is 0.361 e. The molecular weight excluding hydrogens is 272 g/mol. The van der Waals surface area contributed by atoms with E-state index in [1.807, 2.05) is 0 Å². The molecule has 1 N–H and O–H groups in total. The number of nitrogens with zero attached hydrogens (tertiary/aromatic N) is 3. The second-order valence-corrected chi connectivity index (χ2v) is 4.52. The quantitative estimate of drug-likeness (QED) is 0.858. The lowest BCUT2D eigenvalue weighted by Gasteiger charge is -2.10. The largest absolute Gasteiger partial charge is 0.461 e. The molecule has 0 atom stereocenters. The van der Waals surface area contributed by atoms with Crippen LogP contribution in [0, 0.1) is 0 Å². The number of amides is 1. The zero-order valence-electron chi connectivity index (χ0n) is 12.1. The molecule has 110 valence electrons. The zero-order valence-corrected chi connectivity index (χ0v) is 12.1. The number of H-pyrrole nitrogens is 1. The second-order valence-electron chi connectivity index (χ2n) is 4.52. The van der Waals surface area contributed by atoms with Gasteiger partial charge in [0.25, 0.3) is 5.91 Å². The van der Waals surface area contributed by atoms with Gasteiger partial charge in [0.1, 0.15) is 5.69 Å². The van der Waals surface area contributed by atoms with Crippen molar-refractivity contribution in [1.29, 1.82) is 0 Å². The minimum Gasteiger partial charge on any atom is -0.461 e. The van der Waals surface area contributed by atoms with E-state index in [9.17, 15) is 9.59 Å². The molecule has 0 unspecified atom stereocenters. The molecule has 2 rings (SSSR count). The standard InChI is InChI=1S/C14H16N4O3/c1-4-21-14(20)12-11(15-17-16-12)9-5-7-10(8-6-9)13(19)18(2)3/h5-8H,4H2,1-3H3,(H,15,16,17). The van der Waals surface area contributed by atoms with Crippen LogP contribution in [-0.4, -0.2) is 52.9 Å². The minimum absolute atomic E-state index is 0.0904. The summed E-state index contributed by atoms with van der Waals surface area (Å²) in [4.78, 5) is 25.1. The van der Waals surface area contributed by atoms with E-state index < -0.39 is 5.97 Å². The molecular formula is C14H16N4O3. The molecule has 0 saturated carbocycles. The summed E-state index contributed by atoms with van der Waals surface area (Å²) in [6.45, 7) is 1.99. The second kappa shape index (κ2) is 6.17. The first-order valence-corrected chi connectivity index (χ1v) is 6.44. The summed E-state index contributed by atoms with van der Waals surface area (Å²) in [5, 5.41) is 10.2. The first kappa shape index (κ1) is 14.7. The molecule has 0 aliphatic heterocycles. The van der Waals surface area contributed by atoms with E-state index >= 15 is 0 Å². The Morgan fingerprint density at radius 3 is 2.43 bits per heavy atom. The highest BCUT2D eigenvalue weighted by molar-refractivity contribution is 5.96. The Bertz CT molecular complexity index is 646. The summed E-state index contributed by atoms with van der Waals surface area (Å²) in [6, 6.07) is 6.80. The topological polar surface area (TPSA) is 88.2 Å². The van der Waals surface area contributed by atoms with Crippen LogP contribution in [0.2, 0.25) is 0 Å². The number of benzene rings is 1. The van der Waals surface area contributed by atoms with Crippen LogP contribution in [0.5, 0.6) is 0 Å². The fraction of sp³-hybridized carbons (Fsp3) is 0.286. The monoisotopic (exact) mass is 288 g/mol. The smallest absolute Gasteiger partial charge is 0.361 e. The van der Waals surface area contributed by atoms with E-state index in [0.717, 1.165) is 0 Å². The van der Waals surface area contributed by atoms with E-state index in [1.54, 1.807) is 45.3 Å². The fourth-order valence-corrected chi connectivity index (χ4v) is 1.80. The van der Waals surface area contributed by atoms with Crippen molar-refractivity contribution in [2.75, 3.05) is 20.7 Å². The summed E-state index contributed by atoms with van der Waals surface area (Å²) in [5.41, 5.74) is 1.77. The summed E-state index contributed by atoms with van der Waals surface area (Å²) in [7, 11) is 3.37. The van der Waals surface area contributed by atoms with Crippen molar-refractivity contribution in [2.45, 2.75) is 6.92 Å². The van der Waals surface area contributed by atoms with E-state index in [2.05, 4.69) is 15.4 Å². The zero-order chi connectivity index (χ0) is 15.4. The van der Waals surface area contributed by atoms with Crippen LogP contribution >= 0.6 is 0 Å². The number of hydrogen-bond acceptors (Lipinski definition) is 5. The molecule has 1 aromatic heterocycles. The predicted molar refractivity (Wildman–Crippen MR) is 75.8 cm³/mol. The Balaban J connectivity index is 2.30. The highest BCUT2D eigenvalue weighted by atomic mass is 16.5. The van der Waals surface area contributed by atoms with E-state index in [4.69, 9.17) is 4.74 Å². The SMILES string of the molecule is CCOC(=O)c1n[nH]nc1-c1ccc(C(=O)N(C)C)cc1. The number of carbonyl (C=O) groups excluding carboxylic acids is 2. The number of ether oxygens (including phenoxy) is 1. The molecule has 1 heterocycles. The normalized spacial score (nSPS) is 10.2. The van der Waals surface area contributed by atoms with Crippen molar-refractivity contribution in [1.82, 2.24) is 20.3 Å². The summed E-state index contributed by atoms with van der Waals surface area (Å²) in [6.07, 6.45) is 0. The van der Waals surface area contributed by atoms with Crippen LogP contribution in [0.25, 0.3) is 11.3 Å². The van der Waals surface area contributed by atoms with Crippen molar-refractivity contribution in [3.8, 4) is 11.3 Å². The molecule has 21 heavy (non-hydrogen) atoms. The molecule has 0 aliphatic carbocycles. The van der Waals surface area contributed by atoms with Crippen LogP contribution < -0.4 is 0 Å².